The Morgan fingerprint density at radius 2 is 1.17 bits per heavy atom. The van der Waals surface area contributed by atoms with E-state index in [1.165, 1.54) is 129 Å². The van der Waals surface area contributed by atoms with Gasteiger partial charge in [-0.05, 0) is 12.8 Å². The maximum Gasteiger partial charge on any atom is 0.364 e. The maximum atomic E-state index is 12.6. The molecule has 0 aromatic heterocycles. The van der Waals surface area contributed by atoms with Crippen molar-refractivity contribution in [2.75, 3.05) is 33.0 Å². The molecule has 1 fully saturated rings. The van der Waals surface area contributed by atoms with Crippen LogP contribution in [0.15, 0.2) is 0 Å². The van der Waals surface area contributed by atoms with Crippen LogP contribution in [0, 0.1) is 0 Å². The minimum atomic E-state index is -2.41. The third-order valence-electron chi connectivity index (χ3n) is 10.5. The van der Waals surface area contributed by atoms with Crippen molar-refractivity contribution in [2.24, 2.45) is 0 Å². The van der Waals surface area contributed by atoms with Crippen LogP contribution in [0.5, 0.6) is 0 Å². The van der Waals surface area contributed by atoms with Gasteiger partial charge in [0.2, 0.25) is 5.91 Å². The van der Waals surface area contributed by atoms with E-state index in [1.807, 2.05) is 0 Å². The summed E-state index contributed by atoms with van der Waals surface area (Å²) in [5.41, 5.74) is 0. The van der Waals surface area contributed by atoms with Crippen LogP contribution < -0.4 is 5.32 Å². The highest BCUT2D eigenvalue weighted by atomic mass is 16.7. The molecule has 0 bridgehead atoms. The van der Waals surface area contributed by atoms with Crippen molar-refractivity contribution < 1.29 is 54.1 Å². The molecule has 320 valence electrons. The Hall–Kier alpha value is -1.38. The van der Waals surface area contributed by atoms with Gasteiger partial charge in [0.25, 0.3) is 5.79 Å². The summed E-state index contributed by atoms with van der Waals surface area (Å²) in [6, 6.07) is -1.26. The largest absolute Gasteiger partial charge is 0.477 e. The minimum absolute atomic E-state index is 0.179. The van der Waals surface area contributed by atoms with Crippen molar-refractivity contribution in [2.45, 2.75) is 224 Å². The van der Waals surface area contributed by atoms with E-state index in [9.17, 15) is 35.1 Å². The van der Waals surface area contributed by atoms with Crippen molar-refractivity contribution in [3.63, 3.8) is 0 Å². The molecule has 0 aliphatic carbocycles. The lowest BCUT2D eigenvalue weighted by atomic mass is 9.88. The average molecular weight is 776 g/mol. The number of carbonyl (C=O) groups is 2. The number of ether oxygens (including phenoxy) is 4. The molecular weight excluding hydrogens is 694 g/mol. The lowest BCUT2D eigenvalue weighted by molar-refractivity contribution is -0.316. The van der Waals surface area contributed by atoms with Gasteiger partial charge in [0.15, 0.2) is 0 Å². The molecule has 12 nitrogen and oxygen atoms in total. The number of nitrogens with one attached hydrogen (secondary N) is 1. The normalized spacial score (nSPS) is 21.9. The van der Waals surface area contributed by atoms with Gasteiger partial charge in [-0.2, -0.15) is 0 Å². The first-order chi connectivity index (χ1) is 26.1. The van der Waals surface area contributed by atoms with Gasteiger partial charge in [-0.1, -0.05) is 155 Å². The fraction of sp³-hybridized carbons (Fsp3) is 0.952. The zero-order valence-corrected chi connectivity index (χ0v) is 34.4. The molecule has 1 amide bonds. The van der Waals surface area contributed by atoms with Gasteiger partial charge >= 0.3 is 5.97 Å². The predicted octanol–water partition coefficient (Wildman–Crippen LogP) is 6.96. The van der Waals surface area contributed by atoms with E-state index in [1.54, 1.807) is 0 Å². The van der Waals surface area contributed by atoms with E-state index in [0.717, 1.165) is 32.1 Å². The first-order valence-electron chi connectivity index (χ1n) is 21.8. The first kappa shape index (κ1) is 50.6. The third kappa shape index (κ3) is 23.0. The standard InChI is InChI=1S/C42H81NO11/c1-4-6-8-10-12-14-16-18-20-22-24-26-28-51-32-35(52-29-27-25-23-21-19-17-15-13-11-9-7-5-2)33-53-42(41(49)50)30-36(46)38(43-34(3)45)40(54-42)39(48)37(47)31-44/h35-40,44,46-48H,4-33H2,1-3H3,(H,43,45)(H,49,50)/t35-,36+,37-,38-,39-,40-,42-/m1/s1. The van der Waals surface area contributed by atoms with Gasteiger partial charge < -0.3 is 49.8 Å². The van der Waals surface area contributed by atoms with E-state index in [-0.39, 0.29) is 13.2 Å². The van der Waals surface area contributed by atoms with E-state index < -0.39 is 67.3 Å². The molecule has 1 aliphatic rings. The molecule has 1 saturated heterocycles. The lowest BCUT2D eigenvalue weighted by Crippen LogP contribution is -2.68. The van der Waals surface area contributed by atoms with E-state index in [4.69, 9.17) is 18.9 Å². The number of hydrogen-bond acceptors (Lipinski definition) is 10. The molecule has 0 saturated carbocycles. The highest BCUT2D eigenvalue weighted by Crippen LogP contribution is 2.34. The monoisotopic (exact) mass is 776 g/mol. The fourth-order valence-corrected chi connectivity index (χ4v) is 7.10. The van der Waals surface area contributed by atoms with Crippen molar-refractivity contribution in [1.29, 1.82) is 0 Å². The van der Waals surface area contributed by atoms with Crippen LogP contribution in [-0.2, 0) is 28.5 Å². The molecule has 54 heavy (non-hydrogen) atoms. The number of aliphatic hydroxyl groups is 4. The van der Waals surface area contributed by atoms with Crippen molar-refractivity contribution in [3.8, 4) is 0 Å². The second kappa shape index (κ2) is 32.7. The molecule has 6 N–H and O–H groups in total. The molecular formula is C42H81NO11. The van der Waals surface area contributed by atoms with E-state index in [2.05, 4.69) is 19.2 Å². The molecule has 0 unspecified atom stereocenters. The third-order valence-corrected chi connectivity index (χ3v) is 10.5. The van der Waals surface area contributed by atoms with E-state index >= 15 is 0 Å². The Bertz CT molecular complexity index is 911. The van der Waals surface area contributed by atoms with Crippen LogP contribution in [0.2, 0.25) is 0 Å². The summed E-state index contributed by atoms with van der Waals surface area (Å²) >= 11 is 0. The molecule has 7 atom stereocenters. The maximum absolute atomic E-state index is 12.6. The summed E-state index contributed by atoms with van der Waals surface area (Å²) in [6.07, 6.45) is 21.7. The number of carboxylic acid groups (broad SMARTS) is 1. The Labute approximate surface area is 327 Å². The number of hydrogen-bond donors (Lipinski definition) is 6. The molecule has 1 aliphatic heterocycles. The topological polar surface area (TPSA) is 184 Å². The number of carboxylic acids is 1. The second-order valence-corrected chi connectivity index (χ2v) is 15.5. The van der Waals surface area contributed by atoms with Gasteiger partial charge in [0, 0.05) is 26.6 Å². The highest BCUT2D eigenvalue weighted by molar-refractivity contribution is 5.76. The van der Waals surface area contributed by atoms with Crippen molar-refractivity contribution in [3.05, 3.63) is 0 Å². The molecule has 1 rings (SSSR count). The molecule has 12 heteroatoms. The van der Waals surface area contributed by atoms with Crippen molar-refractivity contribution in [1.82, 2.24) is 5.32 Å². The Balaban J connectivity index is 2.67. The zero-order valence-electron chi connectivity index (χ0n) is 34.4. The Kier molecular flexibility index (Phi) is 30.6. The first-order valence-corrected chi connectivity index (χ1v) is 21.8. The highest BCUT2D eigenvalue weighted by Gasteiger charge is 2.56. The summed E-state index contributed by atoms with van der Waals surface area (Å²) in [7, 11) is 0. The second-order valence-electron chi connectivity index (χ2n) is 15.5. The molecule has 0 aromatic rings. The number of aliphatic carboxylic acids is 1. The quantitative estimate of drug-likeness (QED) is 0.0359. The average Bonchev–Trinajstić information content (AvgIpc) is 3.15. The molecule has 0 spiro atoms. The summed E-state index contributed by atoms with van der Waals surface area (Å²) in [5.74, 6) is -4.52. The lowest BCUT2D eigenvalue weighted by Gasteiger charge is -2.46. The number of aliphatic hydroxyl groups excluding tert-OH is 4. The van der Waals surface area contributed by atoms with Crippen LogP contribution in [-0.4, -0.2) is 113 Å². The number of amides is 1. The minimum Gasteiger partial charge on any atom is -0.477 e. The van der Waals surface area contributed by atoms with Gasteiger partial charge in [0.05, 0.1) is 32.0 Å². The van der Waals surface area contributed by atoms with Crippen LogP contribution in [0.3, 0.4) is 0 Å². The SMILES string of the molecule is CCCCCCCCCCCCCCOC[C@H](CO[C@]1(C(=O)O)C[C@H](O)[C@@H](NC(C)=O)[C@H]([C@H](O)[C@H](O)CO)O1)OCCCCCCCCCCCCCC. The van der Waals surface area contributed by atoms with Gasteiger partial charge in [-0.15, -0.1) is 0 Å². The molecule has 0 radical (unpaired) electrons. The Morgan fingerprint density at radius 3 is 1.59 bits per heavy atom. The number of rotatable bonds is 37. The fourth-order valence-electron chi connectivity index (χ4n) is 7.10. The van der Waals surface area contributed by atoms with Crippen LogP contribution in [0.4, 0.5) is 0 Å². The van der Waals surface area contributed by atoms with E-state index in [0.29, 0.717) is 13.2 Å². The van der Waals surface area contributed by atoms with Crippen LogP contribution in [0.1, 0.15) is 181 Å². The van der Waals surface area contributed by atoms with Gasteiger partial charge in [-0.25, -0.2) is 4.79 Å². The number of unbranched alkanes of at least 4 members (excludes halogenated alkanes) is 22. The smallest absolute Gasteiger partial charge is 0.364 e. The Morgan fingerprint density at radius 1 is 0.722 bits per heavy atom. The van der Waals surface area contributed by atoms with Crippen LogP contribution >= 0.6 is 0 Å². The number of carbonyl (C=O) groups excluding carboxylic acids is 1. The van der Waals surface area contributed by atoms with Gasteiger partial charge in [0.1, 0.15) is 24.4 Å². The van der Waals surface area contributed by atoms with Crippen LogP contribution in [0.25, 0.3) is 0 Å². The van der Waals surface area contributed by atoms with Gasteiger partial charge in [-0.3, -0.25) is 4.79 Å². The predicted molar refractivity (Wildman–Crippen MR) is 211 cm³/mol. The summed E-state index contributed by atoms with van der Waals surface area (Å²) in [4.78, 5) is 24.5. The molecule has 1 heterocycles. The zero-order chi connectivity index (χ0) is 39.9. The van der Waals surface area contributed by atoms with Crippen molar-refractivity contribution >= 4 is 11.9 Å². The summed E-state index contributed by atoms with van der Waals surface area (Å²) in [6.45, 7) is 5.77. The summed E-state index contributed by atoms with van der Waals surface area (Å²) in [5, 5.41) is 54.0. The molecule has 0 aromatic carbocycles. The summed E-state index contributed by atoms with van der Waals surface area (Å²) < 4.78 is 23.8.